The van der Waals surface area contributed by atoms with E-state index in [2.05, 4.69) is 4.98 Å². The third kappa shape index (κ3) is 6.23. The number of imidazole rings is 1. The SMILES string of the molecule is Cl.O=[N+]([O-])c1nccn1CC(O)CN(CCCl)CCCl. The lowest BCUT2D eigenvalue weighted by Gasteiger charge is -2.22. The summed E-state index contributed by atoms with van der Waals surface area (Å²) in [6.07, 6.45) is 2.05. The van der Waals surface area contributed by atoms with Gasteiger partial charge in [0.1, 0.15) is 12.4 Å². The first-order valence-corrected chi connectivity index (χ1v) is 6.83. The van der Waals surface area contributed by atoms with Crippen LogP contribution in [-0.2, 0) is 6.54 Å². The Morgan fingerprint density at radius 1 is 1.45 bits per heavy atom. The second kappa shape index (κ2) is 10.2. The summed E-state index contributed by atoms with van der Waals surface area (Å²) in [5.41, 5.74) is 0. The number of hydrogen-bond donors (Lipinski definition) is 1. The van der Waals surface area contributed by atoms with Crippen LogP contribution in [0.25, 0.3) is 0 Å². The van der Waals surface area contributed by atoms with E-state index in [9.17, 15) is 15.2 Å². The molecule has 1 unspecified atom stereocenters. The van der Waals surface area contributed by atoms with Gasteiger partial charge in [0.2, 0.25) is 0 Å². The predicted molar refractivity (Wildman–Crippen MR) is 80.0 cm³/mol. The van der Waals surface area contributed by atoms with Crippen LogP contribution in [-0.4, -0.2) is 62.0 Å². The van der Waals surface area contributed by atoms with E-state index in [-0.39, 0.29) is 24.9 Å². The maximum Gasteiger partial charge on any atom is 0.434 e. The van der Waals surface area contributed by atoms with Gasteiger partial charge < -0.3 is 15.2 Å². The van der Waals surface area contributed by atoms with Crippen LogP contribution in [0.15, 0.2) is 12.4 Å². The largest absolute Gasteiger partial charge is 0.434 e. The van der Waals surface area contributed by atoms with Crippen LogP contribution in [0.2, 0.25) is 0 Å². The number of aliphatic hydroxyl groups excluding tert-OH is 1. The van der Waals surface area contributed by atoms with Crippen molar-refractivity contribution in [1.82, 2.24) is 14.5 Å². The quantitative estimate of drug-likeness (QED) is 0.414. The Labute approximate surface area is 133 Å². The smallest absolute Gasteiger partial charge is 0.390 e. The highest BCUT2D eigenvalue weighted by Gasteiger charge is 2.19. The Morgan fingerprint density at radius 3 is 2.55 bits per heavy atom. The summed E-state index contributed by atoms with van der Waals surface area (Å²) in [6, 6.07) is 0. The fraction of sp³-hybridized carbons (Fsp3) is 0.700. The fourth-order valence-corrected chi connectivity index (χ4v) is 2.21. The second-order valence-electron chi connectivity index (χ2n) is 3.97. The monoisotopic (exact) mass is 346 g/mol. The van der Waals surface area contributed by atoms with Gasteiger partial charge in [0.05, 0.1) is 12.6 Å². The van der Waals surface area contributed by atoms with E-state index in [0.29, 0.717) is 31.4 Å². The highest BCUT2D eigenvalue weighted by atomic mass is 35.5. The molecule has 1 aromatic heterocycles. The zero-order chi connectivity index (χ0) is 14.3. The van der Waals surface area contributed by atoms with Crippen LogP contribution in [0.5, 0.6) is 0 Å². The molecule has 116 valence electrons. The van der Waals surface area contributed by atoms with E-state index in [1.165, 1.54) is 17.0 Å². The summed E-state index contributed by atoms with van der Waals surface area (Å²) in [7, 11) is 0. The van der Waals surface area contributed by atoms with Gasteiger partial charge in [-0.3, -0.25) is 4.90 Å². The Morgan fingerprint density at radius 2 is 2.05 bits per heavy atom. The second-order valence-corrected chi connectivity index (χ2v) is 4.73. The first-order valence-electron chi connectivity index (χ1n) is 5.76. The highest BCUT2D eigenvalue weighted by Crippen LogP contribution is 2.09. The van der Waals surface area contributed by atoms with E-state index < -0.39 is 11.0 Å². The van der Waals surface area contributed by atoms with Crippen LogP contribution in [0.1, 0.15) is 0 Å². The van der Waals surface area contributed by atoms with Gasteiger partial charge in [0, 0.05) is 31.4 Å². The minimum absolute atomic E-state index is 0. The zero-order valence-corrected chi connectivity index (χ0v) is 13.0. The van der Waals surface area contributed by atoms with Crippen molar-refractivity contribution >= 4 is 41.6 Å². The molecule has 7 nitrogen and oxygen atoms in total. The number of aliphatic hydroxyl groups is 1. The summed E-state index contributed by atoms with van der Waals surface area (Å²) in [5, 5.41) is 20.6. The molecule has 20 heavy (non-hydrogen) atoms. The van der Waals surface area contributed by atoms with E-state index in [1.807, 2.05) is 4.90 Å². The van der Waals surface area contributed by atoms with E-state index in [0.717, 1.165) is 0 Å². The molecule has 10 heteroatoms. The number of nitrogens with zero attached hydrogens (tertiary/aromatic N) is 4. The van der Waals surface area contributed by atoms with Gasteiger partial charge >= 0.3 is 5.95 Å². The minimum atomic E-state index is -0.751. The predicted octanol–water partition coefficient (Wildman–Crippen LogP) is 1.35. The third-order valence-corrected chi connectivity index (χ3v) is 2.87. The van der Waals surface area contributed by atoms with Gasteiger partial charge in [-0.05, 0) is 4.92 Å². The molecule has 0 aliphatic rings. The summed E-state index contributed by atoms with van der Waals surface area (Å²) >= 11 is 11.3. The van der Waals surface area contributed by atoms with Crippen LogP contribution in [0.3, 0.4) is 0 Å². The number of aromatic nitrogens is 2. The number of hydrogen-bond acceptors (Lipinski definition) is 5. The fourth-order valence-electron chi connectivity index (χ4n) is 1.73. The topological polar surface area (TPSA) is 84.4 Å². The van der Waals surface area contributed by atoms with Crippen LogP contribution >= 0.6 is 35.6 Å². The Kier molecular flexibility index (Phi) is 9.87. The molecular formula is C10H17Cl3N4O3. The zero-order valence-electron chi connectivity index (χ0n) is 10.7. The van der Waals surface area contributed by atoms with Crippen molar-refractivity contribution in [1.29, 1.82) is 0 Å². The molecule has 1 heterocycles. The maximum atomic E-state index is 10.7. The number of rotatable bonds is 9. The molecule has 0 fully saturated rings. The minimum Gasteiger partial charge on any atom is -0.390 e. The molecule has 1 N–H and O–H groups in total. The number of halogens is 3. The van der Waals surface area contributed by atoms with E-state index in [1.54, 1.807) is 0 Å². The molecular weight excluding hydrogens is 330 g/mol. The lowest BCUT2D eigenvalue weighted by atomic mass is 10.3. The van der Waals surface area contributed by atoms with E-state index in [4.69, 9.17) is 23.2 Å². The normalized spacial score (nSPS) is 12.2. The van der Waals surface area contributed by atoms with Crippen LogP contribution in [0.4, 0.5) is 5.95 Å². The lowest BCUT2D eigenvalue weighted by molar-refractivity contribution is -0.397. The average molecular weight is 348 g/mol. The Balaban J connectivity index is 0.00000361. The molecule has 0 saturated heterocycles. The first kappa shape index (κ1) is 19.4. The molecule has 1 atom stereocenters. The summed E-state index contributed by atoms with van der Waals surface area (Å²) < 4.78 is 1.31. The molecule has 0 aliphatic carbocycles. The van der Waals surface area contributed by atoms with Crippen LogP contribution in [0, 0.1) is 10.1 Å². The molecule has 0 amide bonds. The summed E-state index contributed by atoms with van der Waals surface area (Å²) in [5.74, 6) is 0.601. The van der Waals surface area contributed by atoms with Gasteiger partial charge in [-0.2, -0.15) is 0 Å². The van der Waals surface area contributed by atoms with Crippen LogP contribution < -0.4 is 0 Å². The number of alkyl halides is 2. The van der Waals surface area contributed by atoms with Gasteiger partial charge in [0.25, 0.3) is 0 Å². The summed E-state index contributed by atoms with van der Waals surface area (Å²) in [4.78, 5) is 15.6. The standard InChI is InChI=1S/C10H16Cl2N4O3.ClH/c11-1-4-14(5-2-12)7-9(17)8-15-6-3-13-10(15)16(18)19;/h3,6,9,17H,1-2,4-5,7-8H2;1H. The van der Waals surface area contributed by atoms with Gasteiger partial charge in [-0.1, -0.05) is 4.98 Å². The maximum absolute atomic E-state index is 10.7. The van der Waals surface area contributed by atoms with Crippen molar-refractivity contribution in [3.05, 3.63) is 22.5 Å². The molecule has 1 rings (SSSR count). The van der Waals surface area contributed by atoms with Crippen molar-refractivity contribution in [2.45, 2.75) is 12.6 Å². The molecule has 1 aromatic rings. The van der Waals surface area contributed by atoms with Gasteiger partial charge in [-0.25, -0.2) is 4.57 Å². The molecule has 0 spiro atoms. The molecule has 0 aliphatic heterocycles. The van der Waals surface area contributed by atoms with Gasteiger partial charge in [-0.15, -0.1) is 35.6 Å². The summed E-state index contributed by atoms with van der Waals surface area (Å²) in [6.45, 7) is 1.68. The Bertz CT molecular complexity index is 399. The van der Waals surface area contributed by atoms with Crippen molar-refractivity contribution < 1.29 is 10.0 Å². The van der Waals surface area contributed by atoms with Crippen molar-refractivity contribution in [2.24, 2.45) is 0 Å². The molecule has 0 saturated carbocycles. The van der Waals surface area contributed by atoms with E-state index >= 15 is 0 Å². The van der Waals surface area contributed by atoms with Crippen molar-refractivity contribution in [2.75, 3.05) is 31.4 Å². The molecule has 0 radical (unpaired) electrons. The Hall–Kier alpha value is -0.600. The molecule has 0 aromatic carbocycles. The van der Waals surface area contributed by atoms with Crippen molar-refractivity contribution in [3.63, 3.8) is 0 Å². The van der Waals surface area contributed by atoms with Crippen molar-refractivity contribution in [3.8, 4) is 0 Å². The lowest BCUT2D eigenvalue weighted by Crippen LogP contribution is -2.37. The molecule has 0 bridgehead atoms. The number of nitro groups is 1. The first-order chi connectivity index (χ1) is 9.08. The third-order valence-electron chi connectivity index (χ3n) is 2.53. The van der Waals surface area contributed by atoms with Gasteiger partial charge in [0.15, 0.2) is 0 Å². The highest BCUT2D eigenvalue weighted by molar-refractivity contribution is 6.18. The average Bonchev–Trinajstić information content (AvgIpc) is 2.77.